The molecule has 4 unspecified atom stereocenters. The Bertz CT molecular complexity index is 1910. The van der Waals surface area contributed by atoms with Crippen LogP contribution >= 0.6 is 15.6 Å². The number of esters is 4. The number of aliphatic hydroxyl groups is 1. The van der Waals surface area contributed by atoms with E-state index in [1.807, 2.05) is 0 Å². The Labute approximate surface area is 567 Å². The SMILES string of the molecule is CCCCCC/C=C\C=C/CCCCCCCC(=O)OC[C@H](COP(=O)(O)OCC(O)COP(=O)(O)OC[C@@H](COC(=O)CCCCCCCCCCC(C)C)OC(=O)CCCCCCCCC(C)CC)OC(=O)CCCCCCCCCCCCCCCCC(C)C. The molecular weight excluding hydrogens is 1220 g/mol. The van der Waals surface area contributed by atoms with Crippen LogP contribution in [0.2, 0.25) is 0 Å². The first-order valence-corrected chi connectivity index (χ1v) is 40.7. The Balaban J connectivity index is 5.28. The van der Waals surface area contributed by atoms with Crippen molar-refractivity contribution >= 4 is 39.5 Å². The van der Waals surface area contributed by atoms with E-state index in [2.05, 4.69) is 72.8 Å². The van der Waals surface area contributed by atoms with Gasteiger partial charge in [-0.05, 0) is 69.1 Å². The first-order chi connectivity index (χ1) is 44.8. The summed E-state index contributed by atoms with van der Waals surface area (Å²) in [4.78, 5) is 72.7. The number of allylic oxidation sites excluding steroid dienone is 4. The second-order valence-corrected chi connectivity index (χ2v) is 30.1. The van der Waals surface area contributed by atoms with Crippen LogP contribution in [-0.4, -0.2) is 96.7 Å². The molecule has 0 rings (SSSR count). The zero-order valence-corrected chi connectivity index (χ0v) is 62.0. The Morgan fingerprint density at radius 2 is 0.634 bits per heavy atom. The molecule has 0 aromatic carbocycles. The lowest BCUT2D eigenvalue weighted by atomic mass is 10.00. The maximum atomic E-state index is 13.1. The summed E-state index contributed by atoms with van der Waals surface area (Å²) >= 11 is 0. The number of aliphatic hydroxyl groups excluding tert-OH is 1. The third-order valence-corrected chi connectivity index (χ3v) is 18.8. The Morgan fingerprint density at radius 3 is 0.957 bits per heavy atom. The van der Waals surface area contributed by atoms with Crippen LogP contribution in [-0.2, 0) is 65.4 Å². The molecule has 0 radical (unpaired) electrons. The van der Waals surface area contributed by atoms with Crippen molar-refractivity contribution in [1.29, 1.82) is 0 Å². The summed E-state index contributed by atoms with van der Waals surface area (Å²) in [5, 5.41) is 10.6. The molecule has 93 heavy (non-hydrogen) atoms. The Morgan fingerprint density at radius 1 is 0.355 bits per heavy atom. The van der Waals surface area contributed by atoms with E-state index in [0.29, 0.717) is 25.7 Å². The lowest BCUT2D eigenvalue weighted by Gasteiger charge is -2.21. The number of phosphoric acid groups is 2. The van der Waals surface area contributed by atoms with Gasteiger partial charge in [0.15, 0.2) is 12.2 Å². The monoisotopic (exact) mass is 1360 g/mol. The van der Waals surface area contributed by atoms with Crippen molar-refractivity contribution in [3.05, 3.63) is 24.3 Å². The van der Waals surface area contributed by atoms with Gasteiger partial charge in [-0.3, -0.25) is 37.3 Å². The molecular formula is C74H140O17P2. The van der Waals surface area contributed by atoms with Crippen molar-refractivity contribution in [1.82, 2.24) is 0 Å². The summed E-state index contributed by atoms with van der Waals surface area (Å²) in [5.74, 6) is 0.0815. The molecule has 17 nitrogen and oxygen atoms in total. The summed E-state index contributed by atoms with van der Waals surface area (Å²) in [5.41, 5.74) is 0. The van der Waals surface area contributed by atoms with Crippen LogP contribution in [0.4, 0.5) is 0 Å². The van der Waals surface area contributed by atoms with E-state index in [1.165, 1.54) is 141 Å². The highest BCUT2D eigenvalue weighted by Gasteiger charge is 2.30. The molecule has 0 amide bonds. The average Bonchev–Trinajstić information content (AvgIpc) is 2.46. The molecule has 0 heterocycles. The molecule has 548 valence electrons. The second kappa shape index (κ2) is 64.2. The number of ether oxygens (including phenoxy) is 4. The van der Waals surface area contributed by atoms with Crippen molar-refractivity contribution in [3.63, 3.8) is 0 Å². The van der Waals surface area contributed by atoms with E-state index in [4.69, 9.17) is 37.0 Å². The van der Waals surface area contributed by atoms with E-state index < -0.39 is 97.5 Å². The number of carbonyl (C=O) groups excluding carboxylic acids is 4. The highest BCUT2D eigenvalue weighted by molar-refractivity contribution is 7.47. The second-order valence-electron chi connectivity index (χ2n) is 27.2. The fourth-order valence-corrected chi connectivity index (χ4v) is 12.3. The third kappa shape index (κ3) is 66.6. The number of rotatable bonds is 70. The van der Waals surface area contributed by atoms with Gasteiger partial charge < -0.3 is 33.8 Å². The molecule has 3 N–H and O–H groups in total. The van der Waals surface area contributed by atoms with Gasteiger partial charge in [0.05, 0.1) is 26.4 Å². The molecule has 0 saturated heterocycles. The molecule has 6 atom stereocenters. The minimum atomic E-state index is -4.96. The first kappa shape index (κ1) is 90.5. The van der Waals surface area contributed by atoms with Crippen molar-refractivity contribution < 1.29 is 80.2 Å². The third-order valence-electron chi connectivity index (χ3n) is 16.9. The summed E-state index contributed by atoms with van der Waals surface area (Å²) < 4.78 is 68.4. The zero-order valence-electron chi connectivity index (χ0n) is 60.2. The molecule has 0 bridgehead atoms. The molecule has 0 aromatic rings. The number of hydrogen-bond acceptors (Lipinski definition) is 15. The lowest BCUT2D eigenvalue weighted by Crippen LogP contribution is -2.30. The van der Waals surface area contributed by atoms with Crippen LogP contribution < -0.4 is 0 Å². The van der Waals surface area contributed by atoms with Crippen molar-refractivity contribution in [2.24, 2.45) is 17.8 Å². The van der Waals surface area contributed by atoms with Crippen LogP contribution in [0.3, 0.4) is 0 Å². The van der Waals surface area contributed by atoms with E-state index in [-0.39, 0.29) is 25.7 Å². The van der Waals surface area contributed by atoms with Crippen LogP contribution in [0.5, 0.6) is 0 Å². The van der Waals surface area contributed by atoms with E-state index in [0.717, 1.165) is 127 Å². The largest absolute Gasteiger partial charge is 0.472 e. The number of carbonyl (C=O) groups is 4. The molecule has 0 saturated carbocycles. The van der Waals surface area contributed by atoms with Gasteiger partial charge in [-0.1, -0.05) is 297 Å². The number of hydrogen-bond donors (Lipinski definition) is 3. The van der Waals surface area contributed by atoms with Crippen molar-refractivity contribution in [3.8, 4) is 0 Å². The molecule has 0 aromatic heterocycles. The maximum Gasteiger partial charge on any atom is 0.472 e. The van der Waals surface area contributed by atoms with Crippen molar-refractivity contribution in [2.75, 3.05) is 39.6 Å². The van der Waals surface area contributed by atoms with Gasteiger partial charge in [-0.25, -0.2) is 9.13 Å². The summed E-state index contributed by atoms with van der Waals surface area (Å²) in [6.45, 7) is 11.7. The molecule has 0 aliphatic heterocycles. The predicted octanol–water partition coefficient (Wildman–Crippen LogP) is 21.0. The van der Waals surface area contributed by atoms with Gasteiger partial charge in [0.25, 0.3) is 0 Å². The van der Waals surface area contributed by atoms with Gasteiger partial charge in [0.2, 0.25) is 0 Å². The van der Waals surface area contributed by atoms with E-state index >= 15 is 0 Å². The summed E-state index contributed by atoms with van der Waals surface area (Å²) in [6.07, 6.45) is 52.2. The van der Waals surface area contributed by atoms with Crippen LogP contribution in [0.25, 0.3) is 0 Å². The molecule has 0 aliphatic rings. The van der Waals surface area contributed by atoms with Crippen LogP contribution in [0.15, 0.2) is 24.3 Å². The van der Waals surface area contributed by atoms with Gasteiger partial charge in [0.1, 0.15) is 19.3 Å². The molecule has 0 fully saturated rings. The quantitative estimate of drug-likeness (QED) is 0.0169. The van der Waals surface area contributed by atoms with Crippen LogP contribution in [0.1, 0.15) is 350 Å². The highest BCUT2D eigenvalue weighted by Crippen LogP contribution is 2.45. The maximum absolute atomic E-state index is 13.1. The number of unbranched alkanes of at least 4 members (excludes halogenated alkanes) is 34. The van der Waals surface area contributed by atoms with Gasteiger partial charge in [0, 0.05) is 25.7 Å². The Kier molecular flexibility index (Phi) is 62.5. The smallest absolute Gasteiger partial charge is 0.462 e. The fraction of sp³-hybridized carbons (Fsp3) is 0.892. The van der Waals surface area contributed by atoms with E-state index in [9.17, 15) is 43.2 Å². The molecule has 0 aliphatic carbocycles. The number of phosphoric ester groups is 2. The predicted molar refractivity (Wildman–Crippen MR) is 377 cm³/mol. The highest BCUT2D eigenvalue weighted by atomic mass is 31.2. The summed E-state index contributed by atoms with van der Waals surface area (Å²) in [6, 6.07) is 0. The Hall–Kier alpha value is -2.46. The molecule has 0 spiro atoms. The topological polar surface area (TPSA) is 237 Å². The van der Waals surface area contributed by atoms with Gasteiger partial charge in [-0.15, -0.1) is 0 Å². The fourth-order valence-electron chi connectivity index (χ4n) is 10.7. The van der Waals surface area contributed by atoms with Gasteiger partial charge in [-0.2, -0.15) is 0 Å². The lowest BCUT2D eigenvalue weighted by molar-refractivity contribution is -0.161. The van der Waals surface area contributed by atoms with Gasteiger partial charge >= 0.3 is 39.5 Å². The minimum absolute atomic E-state index is 0.0999. The van der Waals surface area contributed by atoms with Crippen LogP contribution in [0, 0.1) is 17.8 Å². The average molecular weight is 1360 g/mol. The zero-order chi connectivity index (χ0) is 68.7. The van der Waals surface area contributed by atoms with Crippen molar-refractivity contribution in [2.45, 2.75) is 369 Å². The first-order valence-electron chi connectivity index (χ1n) is 37.7. The minimum Gasteiger partial charge on any atom is -0.462 e. The molecule has 19 heteroatoms. The standard InChI is InChI=1S/C74H140O17P2/c1-8-10-11-12-13-14-15-16-17-21-24-27-33-41-48-55-71(76)84-61-69(90-73(78)57-50-43-35-28-25-22-19-18-20-23-26-31-38-45-52-65(3)4)63-88-92(80,81)86-59-68(75)60-87-93(82,83)89-64-70(91-74(79)58-51-44-37-36-40-47-54-67(7)9-2)62-85-72(77)56-49-42-34-30-29-32-39-46-53-66(5)6/h14-17,65-70,75H,8-13,18-64H2,1-7H3,(H,80,81)(H,82,83)/b15-14-,17-16-/t67?,68?,69-,70-/m1/s1. The summed E-state index contributed by atoms with van der Waals surface area (Å²) in [7, 11) is -9.92. The normalized spacial score (nSPS) is 14.6. The van der Waals surface area contributed by atoms with E-state index in [1.54, 1.807) is 0 Å².